The highest BCUT2D eigenvalue weighted by Crippen LogP contribution is 2.20. The third-order valence-corrected chi connectivity index (χ3v) is 1.87. The topological polar surface area (TPSA) is 97.5 Å². The predicted octanol–water partition coefficient (Wildman–Crippen LogP) is 1.67. The number of carbonyl (C=O) groups is 2. The van der Waals surface area contributed by atoms with E-state index in [1.165, 1.54) is 0 Å². The van der Waals surface area contributed by atoms with E-state index < -0.39 is 27.4 Å². The summed E-state index contributed by atoms with van der Waals surface area (Å²) in [4.78, 5) is 30.9. The molecule has 0 spiro atoms. The molecule has 7 heteroatoms. The molecule has 1 aromatic carbocycles. The largest absolute Gasteiger partial charge is 0.477 e. The van der Waals surface area contributed by atoms with Gasteiger partial charge >= 0.3 is 5.97 Å². The molecular weight excluding hydrogens is 226 g/mol. The molecule has 0 aromatic heterocycles. The molecule has 0 aliphatic heterocycles. The normalized spacial score (nSPS) is 9.67. The quantitative estimate of drug-likeness (QED) is 0.483. The summed E-state index contributed by atoms with van der Waals surface area (Å²) in [7, 11) is 0. The third kappa shape index (κ3) is 2.29. The van der Waals surface area contributed by atoms with E-state index in [2.05, 4.69) is 0 Å². The first kappa shape index (κ1) is 11.1. The zero-order valence-corrected chi connectivity index (χ0v) is 7.89. The smallest absolute Gasteiger partial charge is 0.342 e. The van der Waals surface area contributed by atoms with Crippen molar-refractivity contribution in [3.63, 3.8) is 0 Å². The Labute approximate surface area is 88.2 Å². The van der Waals surface area contributed by atoms with E-state index in [4.69, 9.17) is 16.7 Å². The fraction of sp³-hybridized carbons (Fsp3) is 0. The Balaban J connectivity index is 3.40. The van der Waals surface area contributed by atoms with Crippen molar-refractivity contribution in [2.75, 3.05) is 0 Å². The van der Waals surface area contributed by atoms with Gasteiger partial charge in [-0.2, -0.15) is 0 Å². The lowest BCUT2D eigenvalue weighted by molar-refractivity contribution is -0.385. The van der Waals surface area contributed by atoms with Crippen LogP contribution < -0.4 is 0 Å². The van der Waals surface area contributed by atoms with Crippen molar-refractivity contribution in [1.29, 1.82) is 0 Å². The first-order chi connectivity index (χ1) is 6.93. The van der Waals surface area contributed by atoms with E-state index in [9.17, 15) is 19.7 Å². The molecule has 0 heterocycles. The molecule has 0 atom stereocenters. The molecule has 0 bridgehead atoms. The summed E-state index contributed by atoms with van der Waals surface area (Å²) >= 11 is 5.11. The van der Waals surface area contributed by atoms with Crippen molar-refractivity contribution < 1.29 is 19.6 Å². The van der Waals surface area contributed by atoms with Crippen LogP contribution >= 0.6 is 11.6 Å². The molecule has 0 saturated carbocycles. The Morgan fingerprint density at radius 1 is 1.40 bits per heavy atom. The average Bonchev–Trinajstić information content (AvgIpc) is 2.16. The van der Waals surface area contributed by atoms with Crippen molar-refractivity contribution in [1.82, 2.24) is 0 Å². The predicted molar refractivity (Wildman–Crippen MR) is 50.2 cm³/mol. The number of nitro benzene ring substituents is 1. The zero-order valence-electron chi connectivity index (χ0n) is 7.14. The summed E-state index contributed by atoms with van der Waals surface area (Å²) in [6, 6.07) is 2.90. The number of rotatable bonds is 3. The van der Waals surface area contributed by atoms with Crippen LogP contribution in [0.5, 0.6) is 0 Å². The zero-order chi connectivity index (χ0) is 11.6. The van der Waals surface area contributed by atoms with E-state index in [0.29, 0.717) is 0 Å². The van der Waals surface area contributed by atoms with E-state index in [1.807, 2.05) is 0 Å². The standard InChI is InChI=1S/C8H4ClNO5/c9-7(11)4-1-2-6(10(14)15)5(3-4)8(12)13/h1-3H,(H,12,13). The molecular formula is C8H4ClNO5. The van der Waals surface area contributed by atoms with Crippen molar-refractivity contribution in [3.05, 3.63) is 39.4 Å². The highest BCUT2D eigenvalue weighted by molar-refractivity contribution is 6.67. The summed E-state index contributed by atoms with van der Waals surface area (Å²) in [6.45, 7) is 0. The Morgan fingerprint density at radius 3 is 2.40 bits per heavy atom. The number of hydrogen-bond acceptors (Lipinski definition) is 4. The van der Waals surface area contributed by atoms with Crippen LogP contribution in [0.25, 0.3) is 0 Å². The van der Waals surface area contributed by atoms with Crippen LogP contribution in [0.2, 0.25) is 0 Å². The van der Waals surface area contributed by atoms with Gasteiger partial charge in [0.2, 0.25) is 0 Å². The van der Waals surface area contributed by atoms with Crippen LogP contribution in [0, 0.1) is 10.1 Å². The van der Waals surface area contributed by atoms with Gasteiger partial charge in [-0.15, -0.1) is 0 Å². The molecule has 0 amide bonds. The number of benzene rings is 1. The van der Waals surface area contributed by atoms with E-state index >= 15 is 0 Å². The van der Waals surface area contributed by atoms with Gasteiger partial charge in [0.05, 0.1) is 4.92 Å². The fourth-order valence-corrected chi connectivity index (χ4v) is 1.11. The number of nitrogens with zero attached hydrogens (tertiary/aromatic N) is 1. The maximum Gasteiger partial charge on any atom is 0.342 e. The lowest BCUT2D eigenvalue weighted by atomic mass is 10.1. The molecule has 0 aliphatic rings. The van der Waals surface area contributed by atoms with E-state index in [-0.39, 0.29) is 5.56 Å². The summed E-state index contributed by atoms with van der Waals surface area (Å²) in [5, 5.41) is 18.2. The van der Waals surface area contributed by atoms with Crippen molar-refractivity contribution in [2.24, 2.45) is 0 Å². The molecule has 0 radical (unpaired) electrons. The first-order valence-electron chi connectivity index (χ1n) is 3.65. The number of aromatic carboxylic acids is 1. The molecule has 0 fully saturated rings. The van der Waals surface area contributed by atoms with Gasteiger partial charge in [0.1, 0.15) is 5.56 Å². The molecule has 0 saturated heterocycles. The molecule has 1 rings (SSSR count). The van der Waals surface area contributed by atoms with Crippen LogP contribution in [0.3, 0.4) is 0 Å². The lowest BCUT2D eigenvalue weighted by Gasteiger charge is -1.99. The molecule has 1 N–H and O–H groups in total. The Kier molecular flexibility index (Phi) is 3.01. The first-order valence-corrected chi connectivity index (χ1v) is 4.03. The van der Waals surface area contributed by atoms with Gasteiger partial charge in [-0.25, -0.2) is 4.79 Å². The van der Waals surface area contributed by atoms with Gasteiger partial charge < -0.3 is 5.11 Å². The molecule has 0 aliphatic carbocycles. The number of halogens is 1. The number of carboxylic acid groups (broad SMARTS) is 1. The molecule has 6 nitrogen and oxygen atoms in total. The summed E-state index contributed by atoms with van der Waals surface area (Å²) in [5.41, 5.74) is -1.24. The number of carboxylic acids is 1. The van der Waals surface area contributed by atoms with Crippen molar-refractivity contribution >= 4 is 28.5 Å². The van der Waals surface area contributed by atoms with Gasteiger partial charge in [-0.1, -0.05) is 0 Å². The highest BCUT2D eigenvalue weighted by Gasteiger charge is 2.21. The number of nitro groups is 1. The van der Waals surface area contributed by atoms with Gasteiger partial charge in [-0.3, -0.25) is 14.9 Å². The summed E-state index contributed by atoms with van der Waals surface area (Å²) in [6.07, 6.45) is 0. The maximum absolute atomic E-state index is 10.7. The van der Waals surface area contributed by atoms with Crippen LogP contribution in [-0.4, -0.2) is 21.2 Å². The van der Waals surface area contributed by atoms with Gasteiger partial charge in [0.15, 0.2) is 0 Å². The summed E-state index contributed by atoms with van der Waals surface area (Å²) in [5.74, 6) is -1.48. The fourth-order valence-electron chi connectivity index (χ4n) is 0.989. The maximum atomic E-state index is 10.7. The molecule has 1 aromatic rings. The lowest BCUT2D eigenvalue weighted by Crippen LogP contribution is -2.04. The van der Waals surface area contributed by atoms with Gasteiger partial charge in [-0.05, 0) is 23.7 Å². The number of carbonyl (C=O) groups excluding carboxylic acids is 1. The minimum atomic E-state index is -1.48. The SMILES string of the molecule is O=C(Cl)c1ccc([N+](=O)[O-])c(C(=O)O)c1. The second kappa shape index (κ2) is 4.05. The van der Waals surface area contributed by atoms with Crippen LogP contribution in [-0.2, 0) is 0 Å². The van der Waals surface area contributed by atoms with Gasteiger partial charge in [0.25, 0.3) is 10.9 Å². The minimum absolute atomic E-state index is 0.0975. The Morgan fingerprint density at radius 2 is 2.00 bits per heavy atom. The summed E-state index contributed by atoms with van der Waals surface area (Å²) < 4.78 is 0. The van der Waals surface area contributed by atoms with E-state index in [0.717, 1.165) is 18.2 Å². The van der Waals surface area contributed by atoms with Crippen LogP contribution in [0.4, 0.5) is 5.69 Å². The Hall–Kier alpha value is -1.95. The average molecular weight is 230 g/mol. The second-order valence-corrected chi connectivity index (χ2v) is 2.91. The molecule has 0 unspecified atom stereocenters. The molecule has 78 valence electrons. The van der Waals surface area contributed by atoms with Crippen LogP contribution in [0.15, 0.2) is 18.2 Å². The third-order valence-electron chi connectivity index (χ3n) is 1.65. The monoisotopic (exact) mass is 229 g/mol. The molecule has 15 heavy (non-hydrogen) atoms. The minimum Gasteiger partial charge on any atom is -0.477 e. The van der Waals surface area contributed by atoms with Crippen molar-refractivity contribution in [3.8, 4) is 0 Å². The number of hydrogen-bond donors (Lipinski definition) is 1. The second-order valence-electron chi connectivity index (χ2n) is 2.57. The Bertz CT molecular complexity index is 456. The van der Waals surface area contributed by atoms with Crippen molar-refractivity contribution in [2.45, 2.75) is 0 Å². The van der Waals surface area contributed by atoms with Gasteiger partial charge in [0, 0.05) is 11.6 Å². The van der Waals surface area contributed by atoms with Crippen LogP contribution in [0.1, 0.15) is 20.7 Å². The highest BCUT2D eigenvalue weighted by atomic mass is 35.5. The van der Waals surface area contributed by atoms with E-state index in [1.54, 1.807) is 0 Å².